The van der Waals surface area contributed by atoms with Crippen molar-refractivity contribution in [2.75, 3.05) is 19.9 Å². The van der Waals surface area contributed by atoms with Crippen LogP contribution in [-0.2, 0) is 11.3 Å². The van der Waals surface area contributed by atoms with Gasteiger partial charge in [0.2, 0.25) is 6.79 Å². The van der Waals surface area contributed by atoms with E-state index in [4.69, 9.17) is 14.6 Å². The molecule has 0 radical (unpaired) electrons. The lowest BCUT2D eigenvalue weighted by molar-refractivity contribution is -0.137. The summed E-state index contributed by atoms with van der Waals surface area (Å²) in [7, 11) is 0. The summed E-state index contributed by atoms with van der Waals surface area (Å²) in [4.78, 5) is 13.0. The highest BCUT2D eigenvalue weighted by Gasteiger charge is 2.23. The monoisotopic (exact) mass is 277 g/mol. The average Bonchev–Trinajstić information content (AvgIpc) is 3.04. The lowest BCUT2D eigenvalue weighted by atomic mass is 10.0. The zero-order valence-corrected chi connectivity index (χ0v) is 11.4. The second-order valence-electron chi connectivity index (χ2n) is 5.51. The third-order valence-corrected chi connectivity index (χ3v) is 3.98. The standard InChI is InChI=1S/C15H19NO4/c17-15(18)4-2-11-5-6-16(8-11)9-12-1-3-13-14(7-12)20-10-19-13/h1,3,7,11H,2,4-6,8-10H2,(H,17,18). The summed E-state index contributed by atoms with van der Waals surface area (Å²) in [5.41, 5.74) is 1.22. The molecule has 3 rings (SSSR count). The van der Waals surface area contributed by atoms with Crippen LogP contribution in [0.5, 0.6) is 11.5 Å². The topological polar surface area (TPSA) is 59.0 Å². The molecule has 5 heteroatoms. The van der Waals surface area contributed by atoms with Crippen LogP contribution in [0.2, 0.25) is 0 Å². The minimum absolute atomic E-state index is 0.280. The number of ether oxygens (including phenoxy) is 2. The van der Waals surface area contributed by atoms with Crippen molar-refractivity contribution >= 4 is 5.97 Å². The van der Waals surface area contributed by atoms with Gasteiger partial charge in [-0.05, 0) is 43.0 Å². The fourth-order valence-corrected chi connectivity index (χ4v) is 2.92. The van der Waals surface area contributed by atoms with E-state index in [0.29, 0.717) is 12.7 Å². The molecule has 1 N–H and O–H groups in total. The Bertz CT molecular complexity index is 503. The minimum Gasteiger partial charge on any atom is -0.481 e. The summed E-state index contributed by atoms with van der Waals surface area (Å²) in [5.74, 6) is 1.46. The van der Waals surface area contributed by atoms with Crippen LogP contribution in [0.25, 0.3) is 0 Å². The Kier molecular flexibility index (Phi) is 3.78. The first-order valence-electron chi connectivity index (χ1n) is 7.03. The second-order valence-corrected chi connectivity index (χ2v) is 5.51. The van der Waals surface area contributed by atoms with Crippen LogP contribution >= 0.6 is 0 Å². The van der Waals surface area contributed by atoms with Gasteiger partial charge in [-0.1, -0.05) is 6.07 Å². The largest absolute Gasteiger partial charge is 0.481 e. The Hall–Kier alpha value is -1.75. The average molecular weight is 277 g/mol. The number of likely N-dealkylation sites (tertiary alicyclic amines) is 1. The number of hydrogen-bond acceptors (Lipinski definition) is 4. The van der Waals surface area contributed by atoms with Crippen LogP contribution in [0.3, 0.4) is 0 Å². The third kappa shape index (κ3) is 3.04. The van der Waals surface area contributed by atoms with Gasteiger partial charge in [-0.15, -0.1) is 0 Å². The number of hydrogen-bond donors (Lipinski definition) is 1. The zero-order chi connectivity index (χ0) is 13.9. The molecule has 5 nitrogen and oxygen atoms in total. The lowest BCUT2D eigenvalue weighted by Gasteiger charge is -2.16. The van der Waals surface area contributed by atoms with Crippen LogP contribution in [0.1, 0.15) is 24.8 Å². The molecule has 1 aromatic carbocycles. The first-order chi connectivity index (χ1) is 9.70. The van der Waals surface area contributed by atoms with E-state index < -0.39 is 5.97 Å². The van der Waals surface area contributed by atoms with Gasteiger partial charge in [-0.25, -0.2) is 0 Å². The fourth-order valence-electron chi connectivity index (χ4n) is 2.92. The molecule has 0 amide bonds. The summed E-state index contributed by atoms with van der Waals surface area (Å²) < 4.78 is 10.7. The molecule has 0 saturated carbocycles. The van der Waals surface area contributed by atoms with Gasteiger partial charge in [-0.2, -0.15) is 0 Å². The van der Waals surface area contributed by atoms with Crippen LogP contribution < -0.4 is 9.47 Å². The highest BCUT2D eigenvalue weighted by Crippen LogP contribution is 2.33. The predicted octanol–water partition coefficient (Wildman–Crippen LogP) is 2.10. The summed E-state index contributed by atoms with van der Waals surface area (Å²) in [6.45, 7) is 3.22. The van der Waals surface area contributed by atoms with Gasteiger partial charge in [0.1, 0.15) is 0 Å². The minimum atomic E-state index is -0.695. The number of aliphatic carboxylic acids is 1. The van der Waals surface area contributed by atoms with Crippen molar-refractivity contribution in [3.63, 3.8) is 0 Å². The molecule has 0 aromatic heterocycles. The lowest BCUT2D eigenvalue weighted by Crippen LogP contribution is -2.20. The smallest absolute Gasteiger partial charge is 0.303 e. The van der Waals surface area contributed by atoms with Crippen LogP contribution in [0.15, 0.2) is 18.2 Å². The van der Waals surface area contributed by atoms with Crippen LogP contribution in [-0.4, -0.2) is 35.9 Å². The maximum atomic E-state index is 10.6. The van der Waals surface area contributed by atoms with Gasteiger partial charge in [0.15, 0.2) is 11.5 Å². The maximum Gasteiger partial charge on any atom is 0.303 e. The van der Waals surface area contributed by atoms with Gasteiger partial charge in [-0.3, -0.25) is 9.69 Å². The number of carboxylic acid groups (broad SMARTS) is 1. The Morgan fingerprint density at radius 1 is 1.35 bits per heavy atom. The quantitative estimate of drug-likeness (QED) is 0.893. The van der Waals surface area contributed by atoms with E-state index in [1.807, 2.05) is 12.1 Å². The predicted molar refractivity (Wildman–Crippen MR) is 72.8 cm³/mol. The van der Waals surface area contributed by atoms with Crippen LogP contribution in [0, 0.1) is 5.92 Å². The number of nitrogens with zero attached hydrogens (tertiary/aromatic N) is 1. The first kappa shape index (κ1) is 13.2. The second kappa shape index (κ2) is 5.71. The molecule has 1 saturated heterocycles. The van der Waals surface area contributed by atoms with Gasteiger partial charge in [0.25, 0.3) is 0 Å². The van der Waals surface area contributed by atoms with Crippen molar-refractivity contribution in [1.29, 1.82) is 0 Å². The van der Waals surface area contributed by atoms with Crippen LogP contribution in [0.4, 0.5) is 0 Å². The normalized spacial score (nSPS) is 21.3. The SMILES string of the molecule is O=C(O)CCC1CCN(Cc2ccc3c(c2)OCO3)C1. The molecule has 1 atom stereocenters. The number of carboxylic acids is 1. The molecular formula is C15H19NO4. The molecule has 1 unspecified atom stereocenters. The number of benzene rings is 1. The Morgan fingerprint density at radius 2 is 2.20 bits per heavy atom. The Balaban J connectivity index is 1.53. The van der Waals surface area contributed by atoms with Crippen molar-refractivity contribution in [3.8, 4) is 11.5 Å². The number of rotatable bonds is 5. The molecule has 2 aliphatic rings. The van der Waals surface area contributed by atoms with Crippen molar-refractivity contribution in [2.24, 2.45) is 5.92 Å². The van der Waals surface area contributed by atoms with Crippen molar-refractivity contribution in [2.45, 2.75) is 25.8 Å². The molecule has 108 valence electrons. The van der Waals surface area contributed by atoms with E-state index >= 15 is 0 Å². The van der Waals surface area contributed by atoms with E-state index in [-0.39, 0.29) is 6.42 Å². The van der Waals surface area contributed by atoms with Gasteiger partial charge < -0.3 is 14.6 Å². The number of carbonyl (C=O) groups is 1. The summed E-state index contributed by atoms with van der Waals surface area (Å²) in [6.07, 6.45) is 2.16. The van der Waals surface area contributed by atoms with Crippen molar-refractivity contribution in [1.82, 2.24) is 4.90 Å². The zero-order valence-electron chi connectivity index (χ0n) is 11.4. The summed E-state index contributed by atoms with van der Waals surface area (Å²) in [6, 6.07) is 6.06. The highest BCUT2D eigenvalue weighted by atomic mass is 16.7. The van der Waals surface area contributed by atoms with Crippen molar-refractivity contribution in [3.05, 3.63) is 23.8 Å². The molecule has 0 bridgehead atoms. The Labute approximate surface area is 118 Å². The summed E-state index contributed by atoms with van der Waals surface area (Å²) >= 11 is 0. The molecule has 0 spiro atoms. The molecular weight excluding hydrogens is 258 g/mol. The highest BCUT2D eigenvalue weighted by molar-refractivity contribution is 5.66. The summed E-state index contributed by atoms with van der Waals surface area (Å²) in [5, 5.41) is 8.73. The first-order valence-corrected chi connectivity index (χ1v) is 7.03. The molecule has 0 aliphatic carbocycles. The fraction of sp³-hybridized carbons (Fsp3) is 0.533. The van der Waals surface area contributed by atoms with E-state index in [2.05, 4.69) is 11.0 Å². The van der Waals surface area contributed by atoms with E-state index in [9.17, 15) is 4.79 Å². The van der Waals surface area contributed by atoms with Gasteiger partial charge >= 0.3 is 5.97 Å². The van der Waals surface area contributed by atoms with Gasteiger partial charge in [0, 0.05) is 19.5 Å². The van der Waals surface area contributed by atoms with E-state index in [1.54, 1.807) is 0 Å². The molecule has 20 heavy (non-hydrogen) atoms. The van der Waals surface area contributed by atoms with E-state index in [0.717, 1.165) is 44.0 Å². The molecule has 1 fully saturated rings. The van der Waals surface area contributed by atoms with Crippen molar-refractivity contribution < 1.29 is 19.4 Å². The number of fused-ring (bicyclic) bond motifs is 1. The van der Waals surface area contributed by atoms with Gasteiger partial charge in [0.05, 0.1) is 0 Å². The maximum absolute atomic E-state index is 10.6. The molecule has 2 heterocycles. The molecule has 2 aliphatic heterocycles. The third-order valence-electron chi connectivity index (χ3n) is 3.98. The van der Waals surface area contributed by atoms with E-state index in [1.165, 1.54) is 5.56 Å². The molecule has 1 aromatic rings. The Morgan fingerprint density at radius 3 is 3.05 bits per heavy atom.